The van der Waals surface area contributed by atoms with Crippen LogP contribution in [-0.2, 0) is 4.74 Å². The predicted molar refractivity (Wildman–Crippen MR) is 75.6 cm³/mol. The molecular weight excluding hydrogens is 224 g/mol. The number of nitrogens with zero attached hydrogens (tertiary/aromatic N) is 1. The first-order valence-electron chi connectivity index (χ1n) is 7.61. The van der Waals surface area contributed by atoms with E-state index in [4.69, 9.17) is 10.5 Å². The molecule has 0 aromatic carbocycles. The van der Waals surface area contributed by atoms with E-state index < -0.39 is 0 Å². The number of hydrogen-bond donors (Lipinski definition) is 1. The molecule has 2 aliphatic rings. The van der Waals surface area contributed by atoms with Crippen molar-refractivity contribution in [3.63, 3.8) is 0 Å². The Morgan fingerprint density at radius 2 is 2.11 bits per heavy atom. The highest BCUT2D eigenvalue weighted by Gasteiger charge is 2.42. The molecule has 2 fully saturated rings. The molecule has 1 saturated heterocycles. The van der Waals surface area contributed by atoms with Gasteiger partial charge in [-0.3, -0.25) is 4.90 Å². The molecule has 3 nitrogen and oxygen atoms in total. The van der Waals surface area contributed by atoms with Gasteiger partial charge in [-0.2, -0.15) is 0 Å². The second kappa shape index (κ2) is 5.89. The Balaban J connectivity index is 2.00. The molecule has 0 amide bonds. The summed E-state index contributed by atoms with van der Waals surface area (Å²) in [7, 11) is 2.25. The Bertz CT molecular complexity index is 265. The standard InChI is InChI=1S/C15H30N2O/c1-12-6-7-15(11-16,13(2)9-12)17(3)10-14-5-4-8-18-14/h12-14H,4-11,16H2,1-3H3. The third-order valence-corrected chi connectivity index (χ3v) is 5.36. The molecule has 0 aromatic rings. The first-order chi connectivity index (χ1) is 8.58. The first-order valence-corrected chi connectivity index (χ1v) is 7.61. The average molecular weight is 254 g/mol. The monoisotopic (exact) mass is 254 g/mol. The molecule has 0 radical (unpaired) electrons. The van der Waals surface area contributed by atoms with E-state index in [2.05, 4.69) is 25.8 Å². The van der Waals surface area contributed by atoms with E-state index in [1.165, 1.54) is 32.1 Å². The topological polar surface area (TPSA) is 38.5 Å². The van der Waals surface area contributed by atoms with E-state index in [1.54, 1.807) is 0 Å². The molecule has 106 valence electrons. The highest BCUT2D eigenvalue weighted by Crippen LogP contribution is 2.40. The summed E-state index contributed by atoms with van der Waals surface area (Å²) in [6, 6.07) is 0. The number of ether oxygens (including phenoxy) is 1. The fraction of sp³-hybridized carbons (Fsp3) is 1.00. The van der Waals surface area contributed by atoms with Crippen LogP contribution in [0.4, 0.5) is 0 Å². The van der Waals surface area contributed by atoms with Crippen LogP contribution in [-0.4, -0.2) is 43.3 Å². The van der Waals surface area contributed by atoms with E-state index in [0.29, 0.717) is 12.0 Å². The van der Waals surface area contributed by atoms with Crippen molar-refractivity contribution >= 4 is 0 Å². The molecule has 3 heteroatoms. The van der Waals surface area contributed by atoms with E-state index in [0.717, 1.165) is 25.6 Å². The molecule has 1 saturated carbocycles. The summed E-state index contributed by atoms with van der Waals surface area (Å²) in [5.41, 5.74) is 6.37. The van der Waals surface area contributed by atoms with Crippen molar-refractivity contribution in [1.29, 1.82) is 0 Å². The molecule has 2 N–H and O–H groups in total. The predicted octanol–water partition coefficient (Wildman–Crippen LogP) is 2.25. The Morgan fingerprint density at radius 3 is 2.67 bits per heavy atom. The summed E-state index contributed by atoms with van der Waals surface area (Å²) in [5.74, 6) is 1.55. The smallest absolute Gasteiger partial charge is 0.0702 e. The Labute approximate surface area is 112 Å². The van der Waals surface area contributed by atoms with Crippen molar-refractivity contribution in [2.45, 2.75) is 57.6 Å². The minimum atomic E-state index is 0.207. The van der Waals surface area contributed by atoms with Crippen molar-refractivity contribution in [1.82, 2.24) is 4.90 Å². The maximum Gasteiger partial charge on any atom is 0.0702 e. The molecule has 1 aliphatic heterocycles. The highest BCUT2D eigenvalue weighted by atomic mass is 16.5. The molecule has 0 aromatic heterocycles. The zero-order valence-electron chi connectivity index (χ0n) is 12.3. The maximum atomic E-state index is 6.17. The van der Waals surface area contributed by atoms with Crippen molar-refractivity contribution in [3.05, 3.63) is 0 Å². The Morgan fingerprint density at radius 1 is 1.33 bits per heavy atom. The summed E-state index contributed by atoms with van der Waals surface area (Å²) in [5, 5.41) is 0. The number of nitrogens with two attached hydrogens (primary N) is 1. The van der Waals surface area contributed by atoms with Gasteiger partial charge in [0.25, 0.3) is 0 Å². The van der Waals surface area contributed by atoms with Gasteiger partial charge in [0.2, 0.25) is 0 Å². The first kappa shape index (κ1) is 14.3. The van der Waals surface area contributed by atoms with Crippen LogP contribution in [0.5, 0.6) is 0 Å². The van der Waals surface area contributed by atoms with Gasteiger partial charge in [-0.15, -0.1) is 0 Å². The average Bonchev–Trinajstić information content (AvgIpc) is 2.82. The van der Waals surface area contributed by atoms with Crippen molar-refractivity contribution < 1.29 is 4.74 Å². The number of hydrogen-bond acceptors (Lipinski definition) is 3. The molecule has 0 spiro atoms. The minimum Gasteiger partial charge on any atom is -0.377 e. The van der Waals surface area contributed by atoms with Gasteiger partial charge in [-0.1, -0.05) is 13.8 Å². The van der Waals surface area contributed by atoms with Gasteiger partial charge in [0.05, 0.1) is 6.10 Å². The van der Waals surface area contributed by atoms with Crippen LogP contribution >= 0.6 is 0 Å². The second-order valence-corrected chi connectivity index (χ2v) is 6.60. The van der Waals surface area contributed by atoms with Crippen molar-refractivity contribution in [2.75, 3.05) is 26.7 Å². The van der Waals surface area contributed by atoms with Crippen LogP contribution in [0.25, 0.3) is 0 Å². The quantitative estimate of drug-likeness (QED) is 0.836. The molecule has 2 rings (SSSR count). The summed E-state index contributed by atoms with van der Waals surface area (Å²) >= 11 is 0. The van der Waals surface area contributed by atoms with Gasteiger partial charge < -0.3 is 10.5 Å². The van der Waals surface area contributed by atoms with Gasteiger partial charge in [-0.25, -0.2) is 0 Å². The molecule has 1 heterocycles. The number of likely N-dealkylation sites (N-methyl/N-ethyl adjacent to an activating group) is 1. The molecule has 1 aliphatic carbocycles. The third kappa shape index (κ3) is 2.73. The molecule has 0 bridgehead atoms. The lowest BCUT2D eigenvalue weighted by molar-refractivity contribution is -0.0155. The van der Waals surface area contributed by atoms with Crippen molar-refractivity contribution in [2.24, 2.45) is 17.6 Å². The lowest BCUT2D eigenvalue weighted by Crippen LogP contribution is -2.60. The van der Waals surface area contributed by atoms with E-state index in [-0.39, 0.29) is 5.54 Å². The Hall–Kier alpha value is -0.120. The summed E-state index contributed by atoms with van der Waals surface area (Å²) in [6.07, 6.45) is 6.75. The zero-order valence-corrected chi connectivity index (χ0v) is 12.3. The largest absolute Gasteiger partial charge is 0.377 e. The molecule has 4 unspecified atom stereocenters. The lowest BCUT2D eigenvalue weighted by atomic mass is 9.69. The summed E-state index contributed by atoms with van der Waals surface area (Å²) < 4.78 is 5.78. The van der Waals surface area contributed by atoms with E-state index in [1.807, 2.05) is 0 Å². The molecule has 18 heavy (non-hydrogen) atoms. The zero-order chi connectivity index (χ0) is 13.2. The highest BCUT2D eigenvalue weighted by molar-refractivity contribution is 4.99. The number of rotatable bonds is 4. The van der Waals surface area contributed by atoms with Crippen molar-refractivity contribution in [3.8, 4) is 0 Å². The van der Waals surface area contributed by atoms with Gasteiger partial charge >= 0.3 is 0 Å². The maximum absolute atomic E-state index is 6.17. The fourth-order valence-electron chi connectivity index (χ4n) is 3.99. The lowest BCUT2D eigenvalue weighted by Gasteiger charge is -2.50. The van der Waals surface area contributed by atoms with E-state index >= 15 is 0 Å². The van der Waals surface area contributed by atoms with Crippen LogP contribution in [0.1, 0.15) is 46.0 Å². The molecule has 4 atom stereocenters. The van der Waals surface area contributed by atoms with Gasteiger partial charge in [-0.05, 0) is 51.0 Å². The van der Waals surface area contributed by atoms with Crippen LogP contribution in [0.2, 0.25) is 0 Å². The third-order valence-electron chi connectivity index (χ3n) is 5.36. The summed E-state index contributed by atoms with van der Waals surface area (Å²) in [4.78, 5) is 2.51. The van der Waals surface area contributed by atoms with Gasteiger partial charge in [0.15, 0.2) is 0 Å². The van der Waals surface area contributed by atoms with Gasteiger partial charge in [0.1, 0.15) is 0 Å². The normalized spacial score (nSPS) is 41.5. The minimum absolute atomic E-state index is 0.207. The fourth-order valence-corrected chi connectivity index (χ4v) is 3.99. The summed E-state index contributed by atoms with van der Waals surface area (Å²) in [6.45, 7) is 7.53. The SMILES string of the molecule is CC1CCC(CN)(N(C)CC2CCCO2)C(C)C1. The molecular formula is C15H30N2O. The van der Waals surface area contributed by atoms with E-state index in [9.17, 15) is 0 Å². The second-order valence-electron chi connectivity index (χ2n) is 6.60. The van der Waals surface area contributed by atoms with Crippen LogP contribution in [0.3, 0.4) is 0 Å². The Kier molecular flexibility index (Phi) is 4.68. The van der Waals surface area contributed by atoms with Crippen LogP contribution in [0, 0.1) is 11.8 Å². The van der Waals surface area contributed by atoms with Crippen LogP contribution in [0.15, 0.2) is 0 Å². The van der Waals surface area contributed by atoms with Crippen LogP contribution < -0.4 is 5.73 Å². The van der Waals surface area contributed by atoms with Gasteiger partial charge in [0, 0.05) is 25.2 Å².